The average Bonchev–Trinajstić information content (AvgIpc) is 3.05. The molecule has 2 rings (SSSR count). The summed E-state index contributed by atoms with van der Waals surface area (Å²) in [5.74, 6) is 1.26. The van der Waals surface area contributed by atoms with E-state index in [0.29, 0.717) is 6.73 Å². The molecule has 1 aromatic heterocycles. The lowest BCUT2D eigenvalue weighted by Gasteiger charge is -2.06. The van der Waals surface area contributed by atoms with Crippen LogP contribution < -0.4 is 4.57 Å². The standard InChI is InChI=1S/C22H35N2O/c1-3-5-7-8-9-13-16-23-17-18-24(20-25-19-6-4-2)22(23)21-14-11-10-12-15-21/h10-12,14-15,17-18H,3-9,13,16,19-20H2,1-2H3/q+1. The summed E-state index contributed by atoms with van der Waals surface area (Å²) in [6, 6.07) is 10.7. The number of hydrogen-bond donors (Lipinski definition) is 0. The molecule has 0 radical (unpaired) electrons. The normalized spacial score (nSPS) is 11.1. The Morgan fingerprint density at radius 3 is 2.36 bits per heavy atom. The van der Waals surface area contributed by atoms with E-state index in [9.17, 15) is 0 Å². The van der Waals surface area contributed by atoms with Crippen LogP contribution in [0.2, 0.25) is 0 Å². The lowest BCUT2D eigenvalue weighted by atomic mass is 10.1. The molecule has 0 aliphatic carbocycles. The zero-order chi connectivity index (χ0) is 17.7. The van der Waals surface area contributed by atoms with Crippen LogP contribution in [0.15, 0.2) is 42.7 Å². The Morgan fingerprint density at radius 1 is 0.880 bits per heavy atom. The van der Waals surface area contributed by atoms with Crippen molar-refractivity contribution in [2.75, 3.05) is 6.61 Å². The van der Waals surface area contributed by atoms with Crippen LogP contribution in [0.3, 0.4) is 0 Å². The summed E-state index contributed by atoms with van der Waals surface area (Å²) in [6.07, 6.45) is 14.6. The smallest absolute Gasteiger partial charge is 0.290 e. The number of hydrogen-bond acceptors (Lipinski definition) is 1. The van der Waals surface area contributed by atoms with E-state index in [0.717, 1.165) is 19.6 Å². The molecule has 0 saturated carbocycles. The summed E-state index contributed by atoms with van der Waals surface area (Å²) >= 11 is 0. The van der Waals surface area contributed by atoms with Gasteiger partial charge >= 0.3 is 0 Å². The van der Waals surface area contributed by atoms with Gasteiger partial charge in [-0.3, -0.25) is 0 Å². The first-order valence-electron chi connectivity index (χ1n) is 10.1. The van der Waals surface area contributed by atoms with Gasteiger partial charge in [0.15, 0.2) is 6.73 Å². The Bertz CT molecular complexity index is 577. The molecular weight excluding hydrogens is 308 g/mol. The van der Waals surface area contributed by atoms with Crippen molar-refractivity contribution in [1.82, 2.24) is 4.57 Å². The van der Waals surface area contributed by atoms with Crippen LogP contribution in [0.1, 0.15) is 65.2 Å². The van der Waals surface area contributed by atoms with Crippen LogP contribution in [-0.2, 0) is 18.0 Å². The number of nitrogens with zero attached hydrogens (tertiary/aromatic N) is 2. The zero-order valence-electron chi connectivity index (χ0n) is 16.1. The largest absolute Gasteiger partial charge is 0.342 e. The third-order valence-corrected chi connectivity index (χ3v) is 4.63. The predicted octanol–water partition coefficient (Wildman–Crippen LogP) is 5.58. The summed E-state index contributed by atoms with van der Waals surface area (Å²) in [5.41, 5.74) is 1.26. The molecule has 0 aliphatic heterocycles. The fraction of sp³-hybridized carbons (Fsp3) is 0.591. The molecule has 0 amide bonds. The van der Waals surface area contributed by atoms with Gasteiger partial charge in [-0.05, 0) is 31.4 Å². The van der Waals surface area contributed by atoms with Crippen LogP contribution >= 0.6 is 0 Å². The second kappa shape index (κ2) is 11.9. The molecule has 0 bridgehead atoms. The molecule has 1 aromatic carbocycles. The minimum absolute atomic E-state index is 0.633. The lowest BCUT2D eigenvalue weighted by molar-refractivity contribution is -0.722. The van der Waals surface area contributed by atoms with Gasteiger partial charge in [-0.15, -0.1) is 0 Å². The van der Waals surface area contributed by atoms with E-state index >= 15 is 0 Å². The lowest BCUT2D eigenvalue weighted by Crippen LogP contribution is -2.36. The van der Waals surface area contributed by atoms with E-state index < -0.39 is 0 Å². The Hall–Kier alpha value is -1.61. The highest BCUT2D eigenvalue weighted by molar-refractivity contribution is 5.52. The van der Waals surface area contributed by atoms with E-state index in [1.54, 1.807) is 0 Å². The maximum absolute atomic E-state index is 5.86. The van der Waals surface area contributed by atoms with E-state index in [-0.39, 0.29) is 0 Å². The summed E-state index contributed by atoms with van der Waals surface area (Å²) in [6.45, 7) is 7.02. The summed E-state index contributed by atoms with van der Waals surface area (Å²) in [7, 11) is 0. The second-order valence-electron chi connectivity index (χ2n) is 6.81. The van der Waals surface area contributed by atoms with Crippen LogP contribution in [0.5, 0.6) is 0 Å². The second-order valence-corrected chi connectivity index (χ2v) is 6.81. The quantitative estimate of drug-likeness (QED) is 0.343. The van der Waals surface area contributed by atoms with Gasteiger partial charge in [-0.2, -0.15) is 0 Å². The van der Waals surface area contributed by atoms with E-state index in [2.05, 4.69) is 65.7 Å². The van der Waals surface area contributed by atoms with Crippen molar-refractivity contribution in [3.05, 3.63) is 42.7 Å². The van der Waals surface area contributed by atoms with Gasteiger partial charge in [0.25, 0.3) is 5.82 Å². The van der Waals surface area contributed by atoms with E-state index in [4.69, 9.17) is 4.74 Å². The van der Waals surface area contributed by atoms with Gasteiger partial charge in [-0.25, -0.2) is 9.13 Å². The van der Waals surface area contributed by atoms with Crippen LogP contribution in [0.25, 0.3) is 11.4 Å². The molecule has 138 valence electrons. The van der Waals surface area contributed by atoms with Gasteiger partial charge < -0.3 is 4.74 Å². The summed E-state index contributed by atoms with van der Waals surface area (Å²) in [5, 5.41) is 0. The first-order valence-corrected chi connectivity index (χ1v) is 10.1. The molecule has 1 heterocycles. The highest BCUT2D eigenvalue weighted by Crippen LogP contribution is 2.17. The van der Waals surface area contributed by atoms with Crippen LogP contribution in [0.4, 0.5) is 0 Å². The zero-order valence-corrected chi connectivity index (χ0v) is 16.1. The molecule has 0 atom stereocenters. The Morgan fingerprint density at radius 2 is 1.60 bits per heavy atom. The Balaban J connectivity index is 1.99. The molecule has 0 N–H and O–H groups in total. The van der Waals surface area contributed by atoms with Crippen molar-refractivity contribution in [3.8, 4) is 11.4 Å². The summed E-state index contributed by atoms with van der Waals surface area (Å²) < 4.78 is 10.5. The van der Waals surface area contributed by atoms with Gasteiger partial charge in [-0.1, -0.05) is 64.2 Å². The van der Waals surface area contributed by atoms with E-state index in [1.807, 2.05) is 0 Å². The van der Waals surface area contributed by atoms with Crippen molar-refractivity contribution in [3.63, 3.8) is 0 Å². The molecule has 25 heavy (non-hydrogen) atoms. The molecule has 0 fully saturated rings. The predicted molar refractivity (Wildman–Crippen MR) is 104 cm³/mol. The number of benzene rings is 1. The van der Waals surface area contributed by atoms with Crippen molar-refractivity contribution in [1.29, 1.82) is 0 Å². The molecular formula is C22H35N2O+. The number of rotatable bonds is 13. The molecule has 0 aliphatic rings. The SMILES string of the molecule is CCCCCCCCn1cc[n+](COCCCC)c1-c1ccccc1. The maximum atomic E-state index is 5.86. The minimum atomic E-state index is 0.633. The highest BCUT2D eigenvalue weighted by Gasteiger charge is 2.18. The number of aryl methyl sites for hydroxylation is 1. The first kappa shape index (κ1) is 19.7. The van der Waals surface area contributed by atoms with Gasteiger partial charge in [0.2, 0.25) is 0 Å². The molecule has 3 nitrogen and oxygen atoms in total. The van der Waals surface area contributed by atoms with Gasteiger partial charge in [0.1, 0.15) is 12.4 Å². The molecule has 3 heteroatoms. The minimum Gasteiger partial charge on any atom is -0.342 e. The third-order valence-electron chi connectivity index (χ3n) is 4.63. The first-order chi connectivity index (χ1) is 12.4. The van der Waals surface area contributed by atoms with Crippen LogP contribution in [0, 0.1) is 0 Å². The van der Waals surface area contributed by atoms with Crippen molar-refractivity contribution in [2.45, 2.75) is 78.5 Å². The Kier molecular flexibility index (Phi) is 9.35. The fourth-order valence-corrected chi connectivity index (χ4v) is 3.14. The average molecular weight is 344 g/mol. The highest BCUT2D eigenvalue weighted by atomic mass is 16.5. The monoisotopic (exact) mass is 343 g/mol. The fourth-order valence-electron chi connectivity index (χ4n) is 3.14. The molecule has 2 aromatic rings. The van der Waals surface area contributed by atoms with Crippen molar-refractivity contribution < 1.29 is 9.30 Å². The number of ether oxygens (including phenoxy) is 1. The number of imidazole rings is 1. The van der Waals surface area contributed by atoms with Gasteiger partial charge in [0.05, 0.1) is 18.7 Å². The van der Waals surface area contributed by atoms with Gasteiger partial charge in [0, 0.05) is 0 Å². The topological polar surface area (TPSA) is 18.0 Å². The maximum Gasteiger partial charge on any atom is 0.290 e. The van der Waals surface area contributed by atoms with E-state index in [1.165, 1.54) is 56.3 Å². The van der Waals surface area contributed by atoms with Crippen molar-refractivity contribution in [2.24, 2.45) is 0 Å². The van der Waals surface area contributed by atoms with Crippen LogP contribution in [-0.4, -0.2) is 11.2 Å². The number of unbranched alkanes of at least 4 members (excludes halogenated alkanes) is 6. The molecule has 0 saturated heterocycles. The Labute approximate surface area is 153 Å². The van der Waals surface area contributed by atoms with Crippen molar-refractivity contribution >= 4 is 0 Å². The third kappa shape index (κ3) is 6.66. The number of aromatic nitrogens is 2. The molecule has 0 spiro atoms. The molecule has 0 unspecified atom stereocenters. The summed E-state index contributed by atoms with van der Waals surface area (Å²) in [4.78, 5) is 0.